The number of fused-ring (bicyclic) bond motifs is 9. The van der Waals surface area contributed by atoms with Crippen molar-refractivity contribution in [1.82, 2.24) is 0 Å². The Hall–Kier alpha value is -6.12. The van der Waals surface area contributed by atoms with E-state index in [9.17, 15) is 0 Å². The average Bonchev–Trinajstić information content (AvgIpc) is 3.64. The summed E-state index contributed by atoms with van der Waals surface area (Å²) in [5, 5.41) is 7.10. The lowest BCUT2D eigenvalue weighted by atomic mass is 9.82. The third kappa shape index (κ3) is 4.20. The molecule has 9 aromatic rings. The third-order valence-corrected chi connectivity index (χ3v) is 10.6. The molecular formula is C47H33NO. The highest BCUT2D eigenvalue weighted by Crippen LogP contribution is 2.51. The molecule has 49 heavy (non-hydrogen) atoms. The van der Waals surface area contributed by atoms with E-state index in [1.807, 2.05) is 0 Å². The first-order chi connectivity index (χ1) is 24.0. The van der Waals surface area contributed by atoms with Crippen molar-refractivity contribution in [1.29, 1.82) is 0 Å². The largest absolute Gasteiger partial charge is 0.455 e. The zero-order chi connectivity index (χ0) is 32.7. The van der Waals surface area contributed by atoms with E-state index >= 15 is 0 Å². The van der Waals surface area contributed by atoms with Crippen LogP contribution in [0.25, 0.3) is 65.7 Å². The molecule has 0 bridgehead atoms. The monoisotopic (exact) mass is 627 g/mol. The van der Waals surface area contributed by atoms with Crippen molar-refractivity contribution >= 4 is 60.5 Å². The van der Waals surface area contributed by atoms with Gasteiger partial charge in [-0.3, -0.25) is 0 Å². The number of rotatable bonds is 4. The Kier molecular flexibility index (Phi) is 5.95. The second-order valence-electron chi connectivity index (χ2n) is 13.8. The van der Waals surface area contributed by atoms with Gasteiger partial charge in [0, 0.05) is 38.8 Å². The second-order valence-corrected chi connectivity index (χ2v) is 13.8. The van der Waals surface area contributed by atoms with Gasteiger partial charge in [-0.2, -0.15) is 0 Å². The smallest absolute Gasteiger partial charge is 0.143 e. The second kappa shape index (κ2) is 10.4. The SMILES string of the molecule is CC1(C)c2ccccc2-c2ccc(N(c3ccc4ccccc4c3)c3cc(-c4ccccc4)c4oc5ccc6ccccc6c5c4c3)cc21. The van der Waals surface area contributed by atoms with Crippen LogP contribution in [0.4, 0.5) is 17.1 Å². The highest BCUT2D eigenvalue weighted by atomic mass is 16.3. The van der Waals surface area contributed by atoms with Crippen molar-refractivity contribution in [3.05, 3.63) is 175 Å². The molecule has 0 fully saturated rings. The summed E-state index contributed by atoms with van der Waals surface area (Å²) in [6, 6.07) is 59.5. The highest BCUT2D eigenvalue weighted by molar-refractivity contribution is 6.21. The van der Waals surface area contributed by atoms with Gasteiger partial charge in [-0.05, 0) is 91.8 Å². The van der Waals surface area contributed by atoms with Gasteiger partial charge < -0.3 is 9.32 Å². The normalized spacial score (nSPS) is 13.3. The van der Waals surface area contributed by atoms with E-state index in [-0.39, 0.29) is 5.41 Å². The van der Waals surface area contributed by atoms with Crippen LogP contribution in [0.2, 0.25) is 0 Å². The first kappa shape index (κ1) is 27.9. The molecule has 1 aliphatic carbocycles. The van der Waals surface area contributed by atoms with Gasteiger partial charge in [-0.1, -0.05) is 135 Å². The Morgan fingerprint density at radius 1 is 0.449 bits per heavy atom. The minimum Gasteiger partial charge on any atom is -0.455 e. The molecule has 0 N–H and O–H groups in total. The molecule has 8 aromatic carbocycles. The van der Waals surface area contributed by atoms with E-state index < -0.39 is 0 Å². The van der Waals surface area contributed by atoms with Crippen LogP contribution in [0, 0.1) is 0 Å². The lowest BCUT2D eigenvalue weighted by molar-refractivity contribution is 0.660. The maximum atomic E-state index is 6.76. The number of furan rings is 1. The summed E-state index contributed by atoms with van der Waals surface area (Å²) in [5.41, 5.74) is 12.6. The van der Waals surface area contributed by atoms with Crippen molar-refractivity contribution in [3.63, 3.8) is 0 Å². The zero-order valence-corrected chi connectivity index (χ0v) is 27.4. The van der Waals surface area contributed by atoms with Crippen LogP contribution >= 0.6 is 0 Å². The Morgan fingerprint density at radius 2 is 1.12 bits per heavy atom. The van der Waals surface area contributed by atoms with Crippen LogP contribution < -0.4 is 4.90 Å². The van der Waals surface area contributed by atoms with Gasteiger partial charge in [0.05, 0.1) is 0 Å². The fraction of sp³-hybridized carbons (Fsp3) is 0.0638. The predicted molar refractivity (Wildman–Crippen MR) is 206 cm³/mol. The highest BCUT2D eigenvalue weighted by Gasteiger charge is 2.36. The lowest BCUT2D eigenvalue weighted by Gasteiger charge is -2.29. The van der Waals surface area contributed by atoms with Gasteiger partial charge in [0.1, 0.15) is 11.2 Å². The van der Waals surface area contributed by atoms with E-state index in [0.29, 0.717) is 0 Å². The summed E-state index contributed by atoms with van der Waals surface area (Å²) >= 11 is 0. The Labute approximate surface area is 285 Å². The van der Waals surface area contributed by atoms with E-state index in [1.54, 1.807) is 0 Å². The molecule has 2 heteroatoms. The van der Waals surface area contributed by atoms with Crippen LogP contribution in [-0.4, -0.2) is 0 Å². The summed E-state index contributed by atoms with van der Waals surface area (Å²) < 4.78 is 6.76. The van der Waals surface area contributed by atoms with Crippen molar-refractivity contribution in [2.24, 2.45) is 0 Å². The Morgan fingerprint density at radius 3 is 2.00 bits per heavy atom. The molecule has 232 valence electrons. The third-order valence-electron chi connectivity index (χ3n) is 10.6. The summed E-state index contributed by atoms with van der Waals surface area (Å²) in [6.07, 6.45) is 0. The van der Waals surface area contributed by atoms with Crippen LogP contribution in [-0.2, 0) is 5.41 Å². The number of nitrogens with zero attached hydrogens (tertiary/aromatic N) is 1. The predicted octanol–water partition coefficient (Wildman–Crippen LogP) is 13.3. The van der Waals surface area contributed by atoms with Crippen molar-refractivity contribution in [2.45, 2.75) is 19.3 Å². The van der Waals surface area contributed by atoms with E-state index in [2.05, 4.69) is 183 Å². The van der Waals surface area contributed by atoms with Gasteiger partial charge in [0.15, 0.2) is 0 Å². The van der Waals surface area contributed by atoms with Gasteiger partial charge in [-0.25, -0.2) is 0 Å². The zero-order valence-electron chi connectivity index (χ0n) is 27.4. The minimum absolute atomic E-state index is 0.115. The maximum Gasteiger partial charge on any atom is 0.143 e. The number of benzene rings is 8. The molecule has 0 radical (unpaired) electrons. The van der Waals surface area contributed by atoms with Crippen LogP contribution in [0.5, 0.6) is 0 Å². The first-order valence-electron chi connectivity index (χ1n) is 17.0. The van der Waals surface area contributed by atoms with Gasteiger partial charge >= 0.3 is 0 Å². The molecule has 0 spiro atoms. The topological polar surface area (TPSA) is 16.4 Å². The summed E-state index contributed by atoms with van der Waals surface area (Å²) in [6.45, 7) is 4.70. The van der Waals surface area contributed by atoms with Gasteiger partial charge in [-0.15, -0.1) is 0 Å². The van der Waals surface area contributed by atoms with E-state index in [0.717, 1.165) is 50.1 Å². The summed E-state index contributed by atoms with van der Waals surface area (Å²) in [4.78, 5) is 2.43. The maximum absolute atomic E-state index is 6.76. The molecule has 2 nitrogen and oxygen atoms in total. The molecular weight excluding hydrogens is 595 g/mol. The Balaban J connectivity index is 1.29. The molecule has 1 aromatic heterocycles. The summed E-state index contributed by atoms with van der Waals surface area (Å²) in [7, 11) is 0. The number of hydrogen-bond acceptors (Lipinski definition) is 2. The molecule has 1 heterocycles. The summed E-state index contributed by atoms with van der Waals surface area (Å²) in [5.74, 6) is 0. The van der Waals surface area contributed by atoms with E-state index in [1.165, 1.54) is 43.8 Å². The average molecular weight is 628 g/mol. The molecule has 0 saturated carbocycles. The van der Waals surface area contributed by atoms with E-state index in [4.69, 9.17) is 4.42 Å². The number of anilines is 3. The fourth-order valence-electron chi connectivity index (χ4n) is 8.19. The molecule has 0 aliphatic heterocycles. The van der Waals surface area contributed by atoms with Gasteiger partial charge in [0.25, 0.3) is 0 Å². The van der Waals surface area contributed by atoms with Crippen molar-refractivity contribution < 1.29 is 4.42 Å². The fourth-order valence-corrected chi connectivity index (χ4v) is 8.19. The lowest BCUT2D eigenvalue weighted by Crippen LogP contribution is -2.16. The molecule has 0 saturated heterocycles. The van der Waals surface area contributed by atoms with Crippen LogP contribution in [0.15, 0.2) is 168 Å². The van der Waals surface area contributed by atoms with Crippen molar-refractivity contribution in [3.8, 4) is 22.3 Å². The number of hydrogen-bond donors (Lipinski definition) is 0. The Bertz CT molecular complexity index is 2750. The van der Waals surface area contributed by atoms with Crippen LogP contribution in [0.1, 0.15) is 25.0 Å². The molecule has 0 unspecified atom stereocenters. The minimum atomic E-state index is -0.115. The molecule has 0 amide bonds. The quantitative estimate of drug-likeness (QED) is 0.193. The van der Waals surface area contributed by atoms with Crippen molar-refractivity contribution in [2.75, 3.05) is 4.90 Å². The standard InChI is InChI=1S/C47H33NO/c1-47(2)42-19-11-10-18-38(42)39-24-23-35(29-43(39)47)48(34-22-20-30-12-6-7-16-33(30)26-34)36-27-40(31-13-4-3-5-14-31)46-41(28-36)45-37-17-9-8-15-32(37)21-25-44(45)49-46/h3-29H,1-2H3. The molecule has 1 aliphatic rings. The van der Waals surface area contributed by atoms with Crippen LogP contribution in [0.3, 0.4) is 0 Å². The molecule has 10 rings (SSSR count). The van der Waals surface area contributed by atoms with Gasteiger partial charge in [0.2, 0.25) is 0 Å². The molecule has 0 atom stereocenters. The first-order valence-corrected chi connectivity index (χ1v) is 17.0.